The lowest BCUT2D eigenvalue weighted by Gasteiger charge is -2.05. The molecule has 2 heterocycles. The Labute approximate surface area is 159 Å². The summed E-state index contributed by atoms with van der Waals surface area (Å²) in [5.74, 6) is 0.326. The van der Waals surface area contributed by atoms with Crippen molar-refractivity contribution in [2.24, 2.45) is 17.3 Å². The van der Waals surface area contributed by atoms with Crippen molar-refractivity contribution in [2.75, 3.05) is 5.73 Å². The van der Waals surface area contributed by atoms with Crippen molar-refractivity contribution < 1.29 is 30.1 Å². The molecule has 1 aromatic carbocycles. The Bertz CT molecular complexity index is 935. The van der Waals surface area contributed by atoms with Crippen LogP contribution in [0.25, 0.3) is 0 Å². The summed E-state index contributed by atoms with van der Waals surface area (Å²) in [6.07, 6.45) is 0.950. The second-order valence-corrected chi connectivity index (χ2v) is 5.70. The van der Waals surface area contributed by atoms with Gasteiger partial charge in [0.15, 0.2) is 12.4 Å². The third-order valence-electron chi connectivity index (χ3n) is 3.66. The second kappa shape index (κ2) is 8.17. The molecule has 142 valence electrons. The lowest BCUT2D eigenvalue weighted by atomic mass is 10.2. The van der Waals surface area contributed by atoms with Crippen LogP contribution in [0.2, 0.25) is 0 Å². The van der Waals surface area contributed by atoms with Gasteiger partial charge in [0.1, 0.15) is 18.6 Å². The van der Waals surface area contributed by atoms with E-state index in [-0.39, 0.29) is 12.4 Å². The number of benzene rings is 1. The van der Waals surface area contributed by atoms with Gasteiger partial charge in [-0.15, -0.1) is 5.11 Å². The molecule has 2 aromatic heterocycles. The van der Waals surface area contributed by atoms with Crippen molar-refractivity contribution in [3.05, 3.63) is 66.1 Å². The molecular formula is C17H16ClF3N6. The van der Waals surface area contributed by atoms with Gasteiger partial charge in [-0.2, -0.15) is 23.4 Å². The van der Waals surface area contributed by atoms with Crippen molar-refractivity contribution in [2.45, 2.75) is 12.7 Å². The topological polar surface area (TPSA) is 72.4 Å². The van der Waals surface area contributed by atoms with Gasteiger partial charge >= 0.3 is 6.18 Å². The first-order chi connectivity index (χ1) is 12.3. The molecule has 10 heteroatoms. The molecule has 0 fully saturated rings. The summed E-state index contributed by atoms with van der Waals surface area (Å²) in [4.78, 5) is 0. The Morgan fingerprint density at radius 1 is 1.15 bits per heavy atom. The highest BCUT2D eigenvalue weighted by molar-refractivity contribution is 5.56. The van der Waals surface area contributed by atoms with E-state index >= 15 is 0 Å². The van der Waals surface area contributed by atoms with Crippen LogP contribution < -0.4 is 22.7 Å². The molecule has 2 N–H and O–H groups in total. The first kappa shape index (κ1) is 20.4. The summed E-state index contributed by atoms with van der Waals surface area (Å²) < 4.78 is 41.1. The van der Waals surface area contributed by atoms with Crippen LogP contribution in [-0.2, 0) is 19.8 Å². The highest BCUT2D eigenvalue weighted by Crippen LogP contribution is 2.31. The molecule has 0 aliphatic carbocycles. The average molecular weight is 397 g/mol. The van der Waals surface area contributed by atoms with E-state index in [1.54, 1.807) is 4.68 Å². The van der Waals surface area contributed by atoms with Crippen LogP contribution in [-0.4, -0.2) is 9.78 Å². The molecule has 6 nitrogen and oxygen atoms in total. The van der Waals surface area contributed by atoms with Crippen LogP contribution in [0.5, 0.6) is 0 Å². The first-order valence-corrected chi connectivity index (χ1v) is 7.67. The molecular weight excluding hydrogens is 381 g/mol. The molecule has 0 spiro atoms. The monoisotopic (exact) mass is 396 g/mol. The van der Waals surface area contributed by atoms with Crippen molar-refractivity contribution in [3.63, 3.8) is 0 Å². The summed E-state index contributed by atoms with van der Waals surface area (Å²) in [6.45, 7) is 0.469. The second-order valence-electron chi connectivity index (χ2n) is 5.70. The Kier molecular flexibility index (Phi) is 6.17. The van der Waals surface area contributed by atoms with Gasteiger partial charge in [-0.25, -0.2) is 9.25 Å². The van der Waals surface area contributed by atoms with E-state index in [0.717, 1.165) is 17.7 Å². The van der Waals surface area contributed by atoms with E-state index in [4.69, 9.17) is 5.73 Å². The number of halogens is 4. The minimum absolute atomic E-state index is 0. The molecule has 0 aliphatic heterocycles. The third kappa shape index (κ3) is 5.04. The zero-order chi connectivity index (χ0) is 18.7. The van der Waals surface area contributed by atoms with Gasteiger partial charge in [0.2, 0.25) is 0 Å². The largest absolute Gasteiger partial charge is 1.00 e. The molecule has 0 saturated heterocycles. The highest BCUT2D eigenvalue weighted by Gasteiger charge is 2.29. The molecule has 0 unspecified atom stereocenters. The lowest BCUT2D eigenvalue weighted by Crippen LogP contribution is -3.00. The minimum atomic E-state index is -4.38. The lowest BCUT2D eigenvalue weighted by molar-refractivity contribution is -0.671. The number of anilines is 1. The molecule has 0 radical (unpaired) electrons. The van der Waals surface area contributed by atoms with Gasteiger partial charge in [0.05, 0.1) is 24.0 Å². The van der Waals surface area contributed by atoms with Crippen LogP contribution >= 0.6 is 0 Å². The number of hydrogen-bond donors (Lipinski definition) is 1. The fraction of sp³-hybridized carbons (Fsp3) is 0.176. The van der Waals surface area contributed by atoms with Crippen LogP contribution in [0.1, 0.15) is 11.1 Å². The van der Waals surface area contributed by atoms with Crippen LogP contribution in [0.15, 0.2) is 65.2 Å². The number of nitrogens with two attached hydrogens (primary N) is 1. The molecule has 0 bridgehead atoms. The van der Waals surface area contributed by atoms with Gasteiger partial charge in [-0.1, -0.05) is 0 Å². The maximum Gasteiger partial charge on any atom is 0.416 e. The van der Waals surface area contributed by atoms with Gasteiger partial charge in [-0.05, 0) is 30.3 Å². The van der Waals surface area contributed by atoms with Gasteiger partial charge in [-0.3, -0.25) is 0 Å². The van der Waals surface area contributed by atoms with Gasteiger partial charge in [0.25, 0.3) is 0 Å². The minimum Gasteiger partial charge on any atom is -1.00 e. The standard InChI is InChI=1S/C17H16F3N6.ClH/c1-25-8-2-3-12(10-25)11-26-16(21)15(9-22-26)24-23-14-6-4-13(5-7-14)17(18,19)20;/h2-10H,11,21H2,1H3;1H/q+1;/p-1/b24-23+;. The molecule has 0 aliphatic rings. The predicted molar refractivity (Wildman–Crippen MR) is 89.0 cm³/mol. The molecule has 0 saturated carbocycles. The predicted octanol–water partition coefficient (Wildman–Crippen LogP) is 0.776. The number of aryl methyl sites for hydroxylation is 1. The summed E-state index contributed by atoms with van der Waals surface area (Å²) in [6, 6.07) is 8.27. The smallest absolute Gasteiger partial charge is 0.416 e. The Balaban J connectivity index is 0.00000261. The quantitative estimate of drug-likeness (QED) is 0.523. The first-order valence-electron chi connectivity index (χ1n) is 7.67. The number of hydrogen-bond acceptors (Lipinski definition) is 4. The molecule has 3 aromatic rings. The number of nitrogen functional groups attached to an aromatic ring is 1. The van der Waals surface area contributed by atoms with Gasteiger partial charge in [0, 0.05) is 11.6 Å². The van der Waals surface area contributed by atoms with Crippen molar-refractivity contribution in [3.8, 4) is 0 Å². The number of pyridine rings is 1. The summed E-state index contributed by atoms with van der Waals surface area (Å²) in [7, 11) is 1.92. The summed E-state index contributed by atoms with van der Waals surface area (Å²) >= 11 is 0. The van der Waals surface area contributed by atoms with Crippen molar-refractivity contribution in [1.82, 2.24) is 9.78 Å². The number of rotatable bonds is 4. The van der Waals surface area contributed by atoms with Gasteiger partial charge < -0.3 is 18.1 Å². The number of aromatic nitrogens is 3. The number of alkyl halides is 3. The molecule has 27 heavy (non-hydrogen) atoms. The normalized spacial score (nSPS) is 11.6. The molecule has 0 amide bonds. The SMILES string of the molecule is C[n+]1cccc(Cn2ncc(/N=N/c3ccc(C(F)(F)F)cc3)c2N)c1.[Cl-]. The fourth-order valence-corrected chi connectivity index (χ4v) is 2.33. The highest BCUT2D eigenvalue weighted by atomic mass is 35.5. The van der Waals surface area contributed by atoms with Crippen LogP contribution in [0, 0.1) is 0 Å². The Morgan fingerprint density at radius 3 is 2.48 bits per heavy atom. The van der Waals surface area contributed by atoms with Crippen molar-refractivity contribution >= 4 is 17.2 Å². The van der Waals surface area contributed by atoms with E-state index < -0.39 is 11.7 Å². The summed E-state index contributed by atoms with van der Waals surface area (Å²) in [5.41, 5.74) is 6.94. The average Bonchev–Trinajstić information content (AvgIpc) is 2.93. The Morgan fingerprint density at radius 2 is 1.85 bits per heavy atom. The van der Waals surface area contributed by atoms with E-state index in [1.807, 2.05) is 36.1 Å². The fourth-order valence-electron chi connectivity index (χ4n) is 2.33. The maximum atomic E-state index is 12.5. The maximum absolute atomic E-state index is 12.5. The van der Waals surface area contributed by atoms with E-state index in [2.05, 4.69) is 15.3 Å². The third-order valence-corrected chi connectivity index (χ3v) is 3.66. The molecule has 3 rings (SSSR count). The zero-order valence-corrected chi connectivity index (χ0v) is 15.0. The summed E-state index contributed by atoms with van der Waals surface area (Å²) in [5, 5.41) is 12.1. The van der Waals surface area contributed by atoms with E-state index in [0.29, 0.717) is 23.7 Å². The number of azo groups is 1. The van der Waals surface area contributed by atoms with Crippen molar-refractivity contribution in [1.29, 1.82) is 0 Å². The van der Waals surface area contributed by atoms with Crippen LogP contribution in [0.3, 0.4) is 0 Å². The zero-order valence-electron chi connectivity index (χ0n) is 14.2. The Hall–Kier alpha value is -2.94. The number of nitrogens with zero attached hydrogens (tertiary/aromatic N) is 5. The van der Waals surface area contributed by atoms with E-state index in [1.165, 1.54) is 18.3 Å². The van der Waals surface area contributed by atoms with E-state index in [9.17, 15) is 13.2 Å². The van der Waals surface area contributed by atoms with Crippen LogP contribution in [0.4, 0.5) is 30.4 Å². The molecule has 0 atom stereocenters.